The Kier molecular flexibility index (Phi) is 10.8. The molecule has 0 saturated carbocycles. The van der Waals surface area contributed by atoms with Crippen LogP contribution >= 0.6 is 22.9 Å². The van der Waals surface area contributed by atoms with E-state index in [1.54, 1.807) is 12.1 Å². The summed E-state index contributed by atoms with van der Waals surface area (Å²) in [6, 6.07) is 6.83. The summed E-state index contributed by atoms with van der Waals surface area (Å²) in [4.78, 5) is 45.3. The van der Waals surface area contributed by atoms with Crippen molar-refractivity contribution >= 4 is 46.7 Å². The zero-order chi connectivity index (χ0) is 26.1. The van der Waals surface area contributed by atoms with Crippen molar-refractivity contribution in [2.45, 2.75) is 18.8 Å². The molecule has 0 bridgehead atoms. The molecule has 186 valence electrons. The number of aromatic hydroxyl groups is 1. The van der Waals surface area contributed by atoms with Crippen molar-refractivity contribution < 1.29 is 47.3 Å². The predicted octanol–water partition coefficient (Wildman–Crippen LogP) is 1.90. The number of hydrogen-bond acceptors (Lipinski definition) is 8. The molecule has 34 heavy (non-hydrogen) atoms. The quantitative estimate of drug-likeness (QED) is 0.341. The van der Waals surface area contributed by atoms with Crippen LogP contribution in [0.5, 0.6) is 5.75 Å². The summed E-state index contributed by atoms with van der Waals surface area (Å²) in [7, 11) is 1.18. The zero-order valence-corrected chi connectivity index (χ0v) is 18.9. The maximum absolute atomic E-state index is 12.3. The van der Waals surface area contributed by atoms with Gasteiger partial charge in [-0.1, -0.05) is 23.7 Å². The van der Waals surface area contributed by atoms with Gasteiger partial charge in [0.05, 0.1) is 17.0 Å². The lowest BCUT2D eigenvalue weighted by atomic mass is 10.2. The molecule has 2 rings (SSSR count). The highest BCUT2D eigenvalue weighted by atomic mass is 35.5. The van der Waals surface area contributed by atoms with E-state index in [1.165, 1.54) is 25.3 Å². The molecular weight excluding hydrogens is 507 g/mol. The van der Waals surface area contributed by atoms with Crippen molar-refractivity contribution in [1.29, 1.82) is 0 Å². The first-order valence-corrected chi connectivity index (χ1v) is 10.2. The predicted molar refractivity (Wildman–Crippen MR) is 115 cm³/mol. The van der Waals surface area contributed by atoms with Crippen LogP contribution in [0.25, 0.3) is 0 Å². The van der Waals surface area contributed by atoms with Crippen molar-refractivity contribution in [3.63, 3.8) is 0 Å². The van der Waals surface area contributed by atoms with Gasteiger partial charge in [0.25, 0.3) is 11.8 Å². The molecule has 0 spiro atoms. The lowest BCUT2D eigenvalue weighted by molar-refractivity contribution is -0.192. The Labute approximate surface area is 199 Å². The number of phenolic OH excluding ortho intramolecular Hbond substituents is 1. The number of benzene rings is 1. The van der Waals surface area contributed by atoms with E-state index in [2.05, 4.69) is 15.4 Å². The first-order chi connectivity index (χ1) is 15.8. The molecule has 10 nitrogen and oxygen atoms in total. The van der Waals surface area contributed by atoms with Gasteiger partial charge in [-0.05, 0) is 23.8 Å². The monoisotopic (exact) mass is 525 g/mol. The van der Waals surface area contributed by atoms with E-state index >= 15 is 0 Å². The molecule has 1 atom stereocenters. The van der Waals surface area contributed by atoms with E-state index in [1.807, 2.05) is 0 Å². The van der Waals surface area contributed by atoms with Crippen LogP contribution in [0.2, 0.25) is 5.02 Å². The summed E-state index contributed by atoms with van der Waals surface area (Å²) in [6.45, 7) is 0.0561. The van der Waals surface area contributed by atoms with Gasteiger partial charge in [-0.3, -0.25) is 9.59 Å². The average molecular weight is 526 g/mol. The van der Waals surface area contributed by atoms with Crippen molar-refractivity contribution in [3.05, 3.63) is 50.7 Å². The van der Waals surface area contributed by atoms with Crippen molar-refractivity contribution in [2.75, 3.05) is 13.7 Å². The number of nitrogens with two attached hydrogens (primary N) is 1. The van der Waals surface area contributed by atoms with Crippen LogP contribution in [0.3, 0.4) is 0 Å². The van der Waals surface area contributed by atoms with Crippen LogP contribution in [0.1, 0.15) is 24.9 Å². The number of alkyl halides is 3. The SMILES string of the molecule is COC(=O)[C@H](CN)NC(=O)c1sc(C(=O)NCc2cccc(O)c2)cc1Cl.O=C(O)C(F)(F)F. The van der Waals surface area contributed by atoms with Gasteiger partial charge in [-0.25, -0.2) is 9.59 Å². The van der Waals surface area contributed by atoms with Gasteiger partial charge in [-0.15, -0.1) is 11.3 Å². The number of carbonyl (C=O) groups excluding carboxylic acids is 3. The Balaban J connectivity index is 0.000000718. The maximum Gasteiger partial charge on any atom is 0.490 e. The number of methoxy groups -OCH3 is 1. The number of thiophene rings is 1. The third kappa shape index (κ3) is 8.88. The summed E-state index contributed by atoms with van der Waals surface area (Å²) in [5.74, 6) is -4.39. The molecule has 0 saturated heterocycles. The topological polar surface area (TPSA) is 168 Å². The van der Waals surface area contributed by atoms with E-state index < -0.39 is 36.0 Å². The highest BCUT2D eigenvalue weighted by molar-refractivity contribution is 7.16. The molecule has 1 aromatic heterocycles. The number of hydrogen-bond donors (Lipinski definition) is 5. The number of phenols is 1. The first-order valence-electron chi connectivity index (χ1n) is 9.04. The molecule has 0 aliphatic rings. The number of carboxylic acids is 1. The summed E-state index contributed by atoms with van der Waals surface area (Å²) in [5, 5.41) is 21.7. The van der Waals surface area contributed by atoms with Crippen molar-refractivity contribution in [1.82, 2.24) is 10.6 Å². The lowest BCUT2D eigenvalue weighted by Crippen LogP contribution is -2.46. The van der Waals surface area contributed by atoms with Gasteiger partial charge in [0.15, 0.2) is 0 Å². The second-order valence-electron chi connectivity index (χ2n) is 6.23. The van der Waals surface area contributed by atoms with E-state index in [4.69, 9.17) is 27.2 Å². The van der Waals surface area contributed by atoms with Gasteiger partial charge in [0.2, 0.25) is 0 Å². The molecule has 6 N–H and O–H groups in total. The standard InChI is InChI=1S/C17H18ClN3O5S.C2HF3O2/c1-26-17(25)12(7-19)21-16(24)14-11(18)6-13(27-14)15(23)20-8-9-3-2-4-10(22)5-9;3-2(4,5)1(6)7/h2-6,12,22H,7-8,19H2,1H3,(H,20,23)(H,21,24);(H,6,7)/t12-;/m0./s1. The molecule has 0 aliphatic heterocycles. The van der Waals surface area contributed by atoms with E-state index in [9.17, 15) is 32.7 Å². The van der Waals surface area contributed by atoms with E-state index in [0.29, 0.717) is 5.56 Å². The summed E-state index contributed by atoms with van der Waals surface area (Å²) < 4.78 is 36.3. The number of aliphatic carboxylic acids is 1. The number of halogens is 4. The molecule has 0 radical (unpaired) electrons. The van der Waals surface area contributed by atoms with Crippen LogP contribution in [-0.4, -0.2) is 59.8 Å². The Morgan fingerprint density at radius 1 is 1.21 bits per heavy atom. The molecule has 2 aromatic rings. The number of ether oxygens (including phenoxy) is 1. The zero-order valence-electron chi connectivity index (χ0n) is 17.3. The minimum Gasteiger partial charge on any atom is -0.508 e. The summed E-state index contributed by atoms with van der Waals surface area (Å²) in [5.41, 5.74) is 6.16. The Bertz CT molecular complexity index is 1050. The highest BCUT2D eigenvalue weighted by Gasteiger charge is 2.38. The minimum absolute atomic E-state index is 0.0839. The Morgan fingerprint density at radius 3 is 2.32 bits per heavy atom. The number of carboxylic acid groups (broad SMARTS) is 1. The molecular formula is C19H19ClF3N3O7S. The normalized spacial score (nSPS) is 11.5. The molecule has 1 aromatic carbocycles. The van der Waals surface area contributed by atoms with Crippen LogP contribution in [0, 0.1) is 0 Å². The maximum atomic E-state index is 12.3. The summed E-state index contributed by atoms with van der Waals surface area (Å²) in [6.07, 6.45) is -5.08. The Hall–Kier alpha value is -3.36. The molecule has 15 heteroatoms. The van der Waals surface area contributed by atoms with Crippen LogP contribution in [-0.2, 0) is 20.9 Å². The second kappa shape index (κ2) is 12.8. The first kappa shape index (κ1) is 28.7. The van der Waals surface area contributed by atoms with E-state index in [0.717, 1.165) is 11.3 Å². The van der Waals surface area contributed by atoms with Gasteiger partial charge in [0, 0.05) is 13.1 Å². The lowest BCUT2D eigenvalue weighted by Gasteiger charge is -2.13. The van der Waals surface area contributed by atoms with Gasteiger partial charge in [-0.2, -0.15) is 13.2 Å². The second-order valence-corrected chi connectivity index (χ2v) is 7.69. The molecule has 0 aliphatic carbocycles. The molecule has 0 unspecified atom stereocenters. The van der Waals surface area contributed by atoms with E-state index in [-0.39, 0.29) is 33.6 Å². The van der Waals surface area contributed by atoms with Crippen molar-refractivity contribution in [2.24, 2.45) is 5.73 Å². The fraction of sp³-hybridized carbons (Fsp3) is 0.263. The molecule has 2 amide bonds. The van der Waals surface area contributed by atoms with Gasteiger partial charge in [0.1, 0.15) is 16.7 Å². The smallest absolute Gasteiger partial charge is 0.490 e. The Morgan fingerprint density at radius 2 is 1.82 bits per heavy atom. The largest absolute Gasteiger partial charge is 0.508 e. The van der Waals surface area contributed by atoms with Crippen LogP contribution < -0.4 is 16.4 Å². The summed E-state index contributed by atoms with van der Waals surface area (Å²) >= 11 is 6.94. The third-order valence-corrected chi connectivity index (χ3v) is 5.29. The van der Waals surface area contributed by atoms with Crippen LogP contribution in [0.4, 0.5) is 13.2 Å². The van der Waals surface area contributed by atoms with Crippen LogP contribution in [0.15, 0.2) is 30.3 Å². The fourth-order valence-electron chi connectivity index (χ4n) is 2.15. The fourth-order valence-corrected chi connectivity index (χ4v) is 3.40. The number of amides is 2. The highest BCUT2D eigenvalue weighted by Crippen LogP contribution is 2.27. The number of nitrogens with one attached hydrogen (secondary N) is 2. The minimum atomic E-state index is -5.08. The number of esters is 1. The average Bonchev–Trinajstić information content (AvgIpc) is 3.16. The molecule has 1 heterocycles. The molecule has 0 fully saturated rings. The van der Waals surface area contributed by atoms with Gasteiger partial charge >= 0.3 is 18.1 Å². The third-order valence-electron chi connectivity index (χ3n) is 3.75. The number of rotatable bonds is 7. The van der Waals surface area contributed by atoms with Crippen molar-refractivity contribution in [3.8, 4) is 5.75 Å². The van der Waals surface area contributed by atoms with Gasteiger partial charge < -0.3 is 31.3 Å². The number of carbonyl (C=O) groups is 4.